The maximum atomic E-state index is 11.0. The highest BCUT2D eigenvalue weighted by molar-refractivity contribution is 7.09. The van der Waals surface area contributed by atoms with Gasteiger partial charge in [-0.1, -0.05) is 6.92 Å². The van der Waals surface area contributed by atoms with E-state index in [1.165, 1.54) is 0 Å². The molecule has 0 fully saturated rings. The van der Waals surface area contributed by atoms with Crippen molar-refractivity contribution in [2.45, 2.75) is 39.3 Å². The minimum absolute atomic E-state index is 0.0705. The fourth-order valence-corrected chi connectivity index (χ4v) is 2.16. The molecule has 0 spiro atoms. The van der Waals surface area contributed by atoms with Gasteiger partial charge in [0.2, 0.25) is 5.91 Å². The number of amides is 1. The molecule has 0 aliphatic rings. The van der Waals surface area contributed by atoms with Gasteiger partial charge >= 0.3 is 0 Å². The molecule has 1 aromatic heterocycles. The molecule has 0 saturated heterocycles. The Bertz CT molecular complexity index is 337. The Hall–Kier alpha value is -0.940. The first-order chi connectivity index (χ1) is 7.04. The van der Waals surface area contributed by atoms with E-state index in [0.29, 0.717) is 6.42 Å². The molecule has 1 aromatic rings. The molecule has 2 atom stereocenters. The maximum absolute atomic E-state index is 11.0. The highest BCUT2D eigenvalue weighted by Crippen LogP contribution is 2.18. The minimum atomic E-state index is -0.308. The summed E-state index contributed by atoms with van der Waals surface area (Å²) in [6.45, 7) is 5.88. The molecular formula is C10H17N3OS. The maximum Gasteiger partial charge on any atom is 0.234 e. The van der Waals surface area contributed by atoms with Gasteiger partial charge in [-0.05, 0) is 20.3 Å². The largest absolute Gasteiger partial charge is 0.368 e. The zero-order valence-electron chi connectivity index (χ0n) is 9.28. The van der Waals surface area contributed by atoms with Crippen LogP contribution in [-0.4, -0.2) is 16.9 Å². The Morgan fingerprint density at radius 3 is 2.80 bits per heavy atom. The Labute approximate surface area is 93.9 Å². The van der Waals surface area contributed by atoms with E-state index in [9.17, 15) is 4.79 Å². The van der Waals surface area contributed by atoms with Crippen LogP contribution in [0.2, 0.25) is 0 Å². The lowest BCUT2D eigenvalue weighted by Gasteiger charge is -2.17. The molecule has 84 valence electrons. The Morgan fingerprint density at radius 2 is 2.40 bits per heavy atom. The molecule has 0 aliphatic heterocycles. The summed E-state index contributed by atoms with van der Waals surface area (Å²) in [5.41, 5.74) is 6.27. The number of nitrogens with one attached hydrogen (secondary N) is 1. The lowest BCUT2D eigenvalue weighted by molar-refractivity contribution is -0.120. The van der Waals surface area contributed by atoms with Crippen LogP contribution in [-0.2, 0) is 4.79 Å². The van der Waals surface area contributed by atoms with Crippen molar-refractivity contribution in [3.05, 3.63) is 16.1 Å². The van der Waals surface area contributed by atoms with Crippen LogP contribution >= 0.6 is 11.3 Å². The second kappa shape index (κ2) is 5.23. The summed E-state index contributed by atoms with van der Waals surface area (Å²) in [6.07, 6.45) is 0.698. The van der Waals surface area contributed by atoms with Crippen molar-refractivity contribution in [2.24, 2.45) is 5.73 Å². The van der Waals surface area contributed by atoms with Crippen molar-refractivity contribution in [3.63, 3.8) is 0 Å². The molecule has 3 N–H and O–H groups in total. The van der Waals surface area contributed by atoms with E-state index in [4.69, 9.17) is 5.73 Å². The summed E-state index contributed by atoms with van der Waals surface area (Å²) in [6, 6.07) is -0.203. The van der Waals surface area contributed by atoms with E-state index in [1.807, 2.05) is 26.2 Å². The van der Waals surface area contributed by atoms with Gasteiger partial charge in [0, 0.05) is 11.1 Å². The first kappa shape index (κ1) is 12.1. The van der Waals surface area contributed by atoms with Crippen LogP contribution in [0, 0.1) is 6.92 Å². The van der Waals surface area contributed by atoms with E-state index in [2.05, 4.69) is 10.3 Å². The van der Waals surface area contributed by atoms with Gasteiger partial charge in [0.25, 0.3) is 0 Å². The summed E-state index contributed by atoms with van der Waals surface area (Å²) >= 11 is 1.60. The fourth-order valence-electron chi connectivity index (χ4n) is 1.35. The van der Waals surface area contributed by atoms with E-state index in [1.54, 1.807) is 11.3 Å². The van der Waals surface area contributed by atoms with Gasteiger partial charge in [-0.2, -0.15) is 0 Å². The Morgan fingerprint density at radius 1 is 1.73 bits per heavy atom. The smallest absolute Gasteiger partial charge is 0.234 e. The summed E-state index contributed by atoms with van der Waals surface area (Å²) in [7, 11) is 0. The average Bonchev–Trinajstić information content (AvgIpc) is 2.60. The molecule has 0 saturated carbocycles. The number of hydrogen-bond donors (Lipinski definition) is 2. The lowest BCUT2D eigenvalue weighted by Crippen LogP contribution is -2.41. The molecule has 1 heterocycles. The standard InChI is InChI=1S/C10H17N3OS/c1-4-8(9(11)14)13-7(3)10-12-6(2)5-15-10/h5,7-8,13H,4H2,1-3H3,(H2,11,14). The van der Waals surface area contributed by atoms with Crippen molar-refractivity contribution >= 4 is 17.2 Å². The number of aromatic nitrogens is 1. The van der Waals surface area contributed by atoms with Gasteiger partial charge in [0.1, 0.15) is 5.01 Å². The van der Waals surface area contributed by atoms with Gasteiger partial charge in [-0.15, -0.1) is 11.3 Å². The van der Waals surface area contributed by atoms with Gasteiger partial charge in [-0.3, -0.25) is 10.1 Å². The van der Waals surface area contributed by atoms with Crippen LogP contribution in [0.15, 0.2) is 5.38 Å². The molecule has 0 aromatic carbocycles. The Kier molecular flexibility index (Phi) is 4.23. The number of hydrogen-bond acceptors (Lipinski definition) is 4. The van der Waals surface area contributed by atoms with Gasteiger partial charge in [-0.25, -0.2) is 4.98 Å². The molecular weight excluding hydrogens is 210 g/mol. The average molecular weight is 227 g/mol. The van der Waals surface area contributed by atoms with E-state index in [0.717, 1.165) is 10.7 Å². The van der Waals surface area contributed by atoms with Crippen LogP contribution in [0.3, 0.4) is 0 Å². The van der Waals surface area contributed by atoms with E-state index in [-0.39, 0.29) is 18.0 Å². The second-order valence-corrected chi connectivity index (χ2v) is 4.47. The van der Waals surface area contributed by atoms with Crippen LogP contribution in [0.25, 0.3) is 0 Å². The monoisotopic (exact) mass is 227 g/mol. The number of primary amides is 1. The zero-order valence-corrected chi connectivity index (χ0v) is 10.1. The number of carbonyl (C=O) groups excluding carboxylic acids is 1. The normalized spacial score (nSPS) is 14.9. The van der Waals surface area contributed by atoms with Gasteiger partial charge in [0.15, 0.2) is 0 Å². The van der Waals surface area contributed by atoms with Crippen molar-refractivity contribution in [2.75, 3.05) is 0 Å². The van der Waals surface area contributed by atoms with Crippen molar-refractivity contribution in [3.8, 4) is 0 Å². The number of rotatable bonds is 5. The molecule has 0 bridgehead atoms. The molecule has 2 unspecified atom stereocenters. The summed E-state index contributed by atoms with van der Waals surface area (Å²) in [4.78, 5) is 15.4. The topological polar surface area (TPSA) is 68.0 Å². The van der Waals surface area contributed by atoms with Crippen LogP contribution in [0.1, 0.15) is 37.0 Å². The third kappa shape index (κ3) is 3.28. The molecule has 15 heavy (non-hydrogen) atoms. The molecule has 0 aliphatic carbocycles. The molecule has 1 amide bonds. The summed E-state index contributed by atoms with van der Waals surface area (Å²) in [5, 5.41) is 6.16. The predicted molar refractivity (Wildman–Crippen MR) is 61.7 cm³/mol. The fraction of sp³-hybridized carbons (Fsp3) is 0.600. The first-order valence-corrected chi connectivity index (χ1v) is 5.90. The lowest BCUT2D eigenvalue weighted by atomic mass is 10.2. The number of nitrogens with zero attached hydrogens (tertiary/aromatic N) is 1. The minimum Gasteiger partial charge on any atom is -0.368 e. The number of aryl methyl sites for hydroxylation is 1. The second-order valence-electron chi connectivity index (χ2n) is 3.58. The van der Waals surface area contributed by atoms with Crippen LogP contribution in [0.5, 0.6) is 0 Å². The summed E-state index contributed by atoms with van der Waals surface area (Å²) < 4.78 is 0. The SMILES string of the molecule is CCC(NC(C)c1nc(C)cs1)C(N)=O. The van der Waals surface area contributed by atoms with E-state index < -0.39 is 0 Å². The molecule has 4 nitrogen and oxygen atoms in total. The molecule has 5 heteroatoms. The van der Waals surface area contributed by atoms with Crippen molar-refractivity contribution in [1.82, 2.24) is 10.3 Å². The third-order valence-corrected chi connectivity index (χ3v) is 3.36. The Balaban J connectivity index is 2.62. The van der Waals surface area contributed by atoms with Gasteiger partial charge < -0.3 is 5.73 Å². The first-order valence-electron chi connectivity index (χ1n) is 5.02. The zero-order chi connectivity index (χ0) is 11.4. The van der Waals surface area contributed by atoms with Crippen molar-refractivity contribution < 1.29 is 4.79 Å². The number of nitrogens with two attached hydrogens (primary N) is 1. The number of thiazole rings is 1. The third-order valence-electron chi connectivity index (χ3n) is 2.21. The quantitative estimate of drug-likeness (QED) is 0.798. The van der Waals surface area contributed by atoms with Crippen LogP contribution in [0.4, 0.5) is 0 Å². The van der Waals surface area contributed by atoms with Gasteiger partial charge in [0.05, 0.1) is 12.1 Å². The molecule has 1 rings (SSSR count). The number of carbonyl (C=O) groups is 1. The predicted octanol–water partition coefficient (Wildman–Crippen LogP) is 1.37. The van der Waals surface area contributed by atoms with Crippen LogP contribution < -0.4 is 11.1 Å². The van der Waals surface area contributed by atoms with E-state index >= 15 is 0 Å². The van der Waals surface area contributed by atoms with Crippen molar-refractivity contribution in [1.29, 1.82) is 0 Å². The highest BCUT2D eigenvalue weighted by Gasteiger charge is 2.17. The summed E-state index contributed by atoms with van der Waals surface area (Å²) in [5.74, 6) is -0.308. The highest BCUT2D eigenvalue weighted by atomic mass is 32.1. The molecule has 0 radical (unpaired) electrons.